The maximum atomic E-state index is 5.77. The van der Waals surface area contributed by atoms with E-state index in [4.69, 9.17) is 5.73 Å². The Morgan fingerprint density at radius 2 is 1.73 bits per heavy atom. The van der Waals surface area contributed by atoms with E-state index in [2.05, 4.69) is 42.5 Å². The van der Waals surface area contributed by atoms with Crippen molar-refractivity contribution in [1.82, 2.24) is 0 Å². The average Bonchev–Trinajstić information content (AvgIpc) is 2.67. The number of hydrogen-bond acceptors (Lipinski definition) is 2. The van der Waals surface area contributed by atoms with Gasteiger partial charge in [-0.3, -0.25) is 0 Å². The molecule has 0 unspecified atom stereocenters. The summed E-state index contributed by atoms with van der Waals surface area (Å²) in [6, 6.07) is 14.9. The van der Waals surface area contributed by atoms with Gasteiger partial charge in [-0.25, -0.2) is 0 Å². The number of thiophene rings is 1. The first kappa shape index (κ1) is 8.89. The quantitative estimate of drug-likeness (QED) is 0.657. The minimum absolute atomic E-state index is 0.609. The molecule has 0 aliphatic heterocycles. The largest absolute Gasteiger partial charge is 0.326 e. The molecule has 2 aromatic carbocycles. The van der Waals surface area contributed by atoms with Gasteiger partial charge in [-0.1, -0.05) is 30.3 Å². The number of benzene rings is 2. The van der Waals surface area contributed by atoms with Crippen molar-refractivity contribution >= 4 is 31.5 Å². The van der Waals surface area contributed by atoms with Crippen LogP contribution in [0.5, 0.6) is 0 Å². The van der Waals surface area contributed by atoms with E-state index in [0.29, 0.717) is 6.54 Å². The van der Waals surface area contributed by atoms with Crippen molar-refractivity contribution in [2.24, 2.45) is 5.73 Å². The number of hydrogen-bond donors (Lipinski definition) is 1. The Bertz CT molecular complexity index is 625. The molecule has 0 amide bonds. The van der Waals surface area contributed by atoms with Crippen LogP contribution in [0.3, 0.4) is 0 Å². The maximum Gasteiger partial charge on any atom is 0.0358 e. The zero-order valence-electron chi connectivity index (χ0n) is 8.23. The third kappa shape index (κ3) is 1.26. The van der Waals surface area contributed by atoms with Crippen molar-refractivity contribution in [3.05, 3.63) is 48.0 Å². The summed E-state index contributed by atoms with van der Waals surface area (Å²) < 4.78 is 2.67. The zero-order chi connectivity index (χ0) is 10.3. The summed E-state index contributed by atoms with van der Waals surface area (Å²) in [5.41, 5.74) is 7.01. The molecule has 74 valence electrons. The van der Waals surface area contributed by atoms with Gasteiger partial charge in [-0.05, 0) is 17.7 Å². The van der Waals surface area contributed by atoms with Gasteiger partial charge in [0.25, 0.3) is 0 Å². The highest BCUT2D eigenvalue weighted by molar-refractivity contribution is 7.25. The smallest absolute Gasteiger partial charge is 0.0358 e. The van der Waals surface area contributed by atoms with Crippen molar-refractivity contribution in [3.8, 4) is 0 Å². The van der Waals surface area contributed by atoms with Crippen molar-refractivity contribution < 1.29 is 0 Å². The van der Waals surface area contributed by atoms with E-state index in [1.807, 2.05) is 11.3 Å². The molecule has 0 fully saturated rings. The molecule has 0 spiro atoms. The molecule has 3 aromatic rings. The predicted molar refractivity (Wildman–Crippen MR) is 67.2 cm³/mol. The monoisotopic (exact) mass is 213 g/mol. The first-order valence-electron chi connectivity index (χ1n) is 4.99. The molecule has 3 rings (SSSR count). The molecule has 0 bridgehead atoms. The van der Waals surface area contributed by atoms with E-state index in [0.717, 1.165) is 0 Å². The summed E-state index contributed by atoms with van der Waals surface area (Å²) in [5.74, 6) is 0. The van der Waals surface area contributed by atoms with Crippen LogP contribution in [-0.2, 0) is 6.54 Å². The summed E-state index contributed by atoms with van der Waals surface area (Å²) in [5, 5.41) is 2.67. The lowest BCUT2D eigenvalue weighted by atomic mass is 10.1. The highest BCUT2D eigenvalue weighted by atomic mass is 32.1. The van der Waals surface area contributed by atoms with E-state index in [-0.39, 0.29) is 0 Å². The van der Waals surface area contributed by atoms with E-state index in [1.54, 1.807) is 0 Å². The topological polar surface area (TPSA) is 26.0 Å². The van der Waals surface area contributed by atoms with Gasteiger partial charge in [0.1, 0.15) is 0 Å². The van der Waals surface area contributed by atoms with E-state index >= 15 is 0 Å². The van der Waals surface area contributed by atoms with E-state index < -0.39 is 0 Å². The Balaban J connectivity index is 2.56. The molecule has 1 nitrogen and oxygen atoms in total. The highest BCUT2D eigenvalue weighted by Gasteiger charge is 2.06. The summed E-state index contributed by atoms with van der Waals surface area (Å²) in [7, 11) is 0. The molecule has 0 saturated heterocycles. The van der Waals surface area contributed by atoms with Gasteiger partial charge < -0.3 is 5.73 Å². The van der Waals surface area contributed by atoms with Crippen LogP contribution in [0.4, 0.5) is 0 Å². The van der Waals surface area contributed by atoms with Gasteiger partial charge in [0, 0.05) is 26.7 Å². The molecule has 2 N–H and O–H groups in total. The van der Waals surface area contributed by atoms with Gasteiger partial charge in [-0.15, -0.1) is 11.3 Å². The third-order valence-electron chi connectivity index (χ3n) is 2.71. The van der Waals surface area contributed by atoms with Gasteiger partial charge >= 0.3 is 0 Å². The molecule has 0 aliphatic carbocycles. The Morgan fingerprint density at radius 1 is 0.933 bits per heavy atom. The van der Waals surface area contributed by atoms with Crippen LogP contribution in [0.1, 0.15) is 5.56 Å². The molecular weight excluding hydrogens is 202 g/mol. The van der Waals surface area contributed by atoms with Crippen LogP contribution >= 0.6 is 11.3 Å². The molecular formula is C13H11NS. The molecule has 0 aliphatic rings. The fourth-order valence-corrected chi connectivity index (χ4v) is 3.17. The van der Waals surface area contributed by atoms with Crippen molar-refractivity contribution in [1.29, 1.82) is 0 Å². The standard InChI is InChI=1S/C13H11NS/c14-8-9-4-3-7-12-13(9)10-5-1-2-6-11(10)15-12/h1-7H,8,14H2. The Morgan fingerprint density at radius 3 is 2.60 bits per heavy atom. The highest BCUT2D eigenvalue weighted by Crippen LogP contribution is 2.35. The zero-order valence-corrected chi connectivity index (χ0v) is 9.05. The maximum absolute atomic E-state index is 5.77. The van der Waals surface area contributed by atoms with Crippen LogP contribution < -0.4 is 5.73 Å². The lowest BCUT2D eigenvalue weighted by Crippen LogP contribution is -1.95. The van der Waals surface area contributed by atoms with E-state index in [1.165, 1.54) is 25.7 Å². The number of nitrogens with two attached hydrogens (primary N) is 1. The van der Waals surface area contributed by atoms with Crippen LogP contribution in [0.15, 0.2) is 42.5 Å². The minimum Gasteiger partial charge on any atom is -0.326 e. The van der Waals surface area contributed by atoms with Gasteiger partial charge in [0.15, 0.2) is 0 Å². The summed E-state index contributed by atoms with van der Waals surface area (Å²) >= 11 is 1.84. The first-order valence-corrected chi connectivity index (χ1v) is 5.81. The van der Waals surface area contributed by atoms with E-state index in [9.17, 15) is 0 Å². The first-order chi connectivity index (χ1) is 7.40. The van der Waals surface area contributed by atoms with Gasteiger partial charge in [0.2, 0.25) is 0 Å². The van der Waals surface area contributed by atoms with Gasteiger partial charge in [-0.2, -0.15) is 0 Å². The molecule has 1 heterocycles. The summed E-state index contributed by atoms with van der Waals surface area (Å²) in [6.45, 7) is 0.609. The summed E-state index contributed by atoms with van der Waals surface area (Å²) in [6.07, 6.45) is 0. The van der Waals surface area contributed by atoms with Crippen LogP contribution in [0.25, 0.3) is 20.2 Å². The average molecular weight is 213 g/mol. The Labute approximate surface area is 92.1 Å². The second kappa shape index (κ2) is 3.33. The molecule has 2 heteroatoms. The van der Waals surface area contributed by atoms with Crippen molar-refractivity contribution in [2.45, 2.75) is 6.54 Å². The third-order valence-corrected chi connectivity index (χ3v) is 3.84. The molecule has 0 atom stereocenters. The van der Waals surface area contributed by atoms with Crippen LogP contribution in [0, 0.1) is 0 Å². The summed E-state index contributed by atoms with van der Waals surface area (Å²) in [4.78, 5) is 0. The predicted octanol–water partition coefficient (Wildman–Crippen LogP) is 3.51. The lowest BCUT2D eigenvalue weighted by molar-refractivity contribution is 1.09. The van der Waals surface area contributed by atoms with Crippen LogP contribution in [-0.4, -0.2) is 0 Å². The van der Waals surface area contributed by atoms with Crippen molar-refractivity contribution in [3.63, 3.8) is 0 Å². The fourth-order valence-electron chi connectivity index (χ4n) is 2.02. The SMILES string of the molecule is NCc1cccc2sc3ccccc3c12. The molecule has 0 radical (unpaired) electrons. The van der Waals surface area contributed by atoms with Gasteiger partial charge in [0.05, 0.1) is 0 Å². The Kier molecular flexibility index (Phi) is 1.97. The number of fused-ring (bicyclic) bond motifs is 3. The second-order valence-corrected chi connectivity index (χ2v) is 4.68. The fraction of sp³-hybridized carbons (Fsp3) is 0.0769. The Hall–Kier alpha value is -1.38. The normalized spacial score (nSPS) is 11.3. The van der Waals surface area contributed by atoms with Crippen molar-refractivity contribution in [2.75, 3.05) is 0 Å². The second-order valence-electron chi connectivity index (χ2n) is 3.59. The molecule has 0 saturated carbocycles. The lowest BCUT2D eigenvalue weighted by Gasteiger charge is -1.99. The molecule has 15 heavy (non-hydrogen) atoms. The van der Waals surface area contributed by atoms with Crippen LogP contribution in [0.2, 0.25) is 0 Å². The minimum atomic E-state index is 0.609. The number of rotatable bonds is 1. The molecule has 1 aromatic heterocycles.